The maximum Gasteiger partial charge on any atom is 0.278 e. The zero-order chi connectivity index (χ0) is 34.5. The summed E-state index contributed by atoms with van der Waals surface area (Å²) in [6.07, 6.45) is 8.49. The number of anilines is 1. The predicted molar refractivity (Wildman–Crippen MR) is 191 cm³/mol. The van der Waals surface area contributed by atoms with Crippen LogP contribution in [0.2, 0.25) is 0 Å². The number of fused-ring (bicyclic) bond motifs is 3. The van der Waals surface area contributed by atoms with Crippen molar-refractivity contribution in [3.05, 3.63) is 91.0 Å². The van der Waals surface area contributed by atoms with Gasteiger partial charge in [0.2, 0.25) is 11.8 Å². The number of allylic oxidation sites excluding steroid dienone is 1. The number of nitrogens with zero attached hydrogens (tertiary/aromatic N) is 2. The second kappa shape index (κ2) is 14.8. The minimum Gasteiger partial charge on any atom is -0.497 e. The Kier molecular flexibility index (Phi) is 9.88. The minimum atomic E-state index is -1.20. The van der Waals surface area contributed by atoms with Gasteiger partial charge in [0.15, 0.2) is 5.75 Å². The molecule has 50 heavy (non-hydrogen) atoms. The third kappa shape index (κ3) is 7.40. The number of thiazole rings is 1. The largest absolute Gasteiger partial charge is 0.497 e. The van der Waals surface area contributed by atoms with Crippen molar-refractivity contribution in [2.24, 2.45) is 5.92 Å². The zero-order valence-corrected chi connectivity index (χ0v) is 28.7. The van der Waals surface area contributed by atoms with Gasteiger partial charge in [-0.3, -0.25) is 14.4 Å². The molecular formula is C38H41N5O6S. The van der Waals surface area contributed by atoms with E-state index in [4.69, 9.17) is 14.3 Å². The van der Waals surface area contributed by atoms with Gasteiger partial charge >= 0.3 is 0 Å². The molecule has 3 amide bonds. The van der Waals surface area contributed by atoms with Crippen molar-refractivity contribution in [1.82, 2.24) is 20.7 Å². The Labute approximate surface area is 295 Å². The van der Waals surface area contributed by atoms with Gasteiger partial charge in [-0.1, -0.05) is 72.7 Å². The first kappa shape index (κ1) is 33.4. The van der Waals surface area contributed by atoms with Crippen LogP contribution in [-0.4, -0.2) is 65.0 Å². The number of hydroxylamine groups is 1. The maximum atomic E-state index is 14.5. The Balaban J connectivity index is 1.16. The van der Waals surface area contributed by atoms with Gasteiger partial charge in [0.25, 0.3) is 11.1 Å². The molecule has 1 saturated carbocycles. The minimum absolute atomic E-state index is 0.180. The predicted octanol–water partition coefficient (Wildman–Crippen LogP) is 5.64. The number of aromatic nitrogens is 1. The number of amides is 3. The van der Waals surface area contributed by atoms with Gasteiger partial charge in [-0.25, -0.2) is 4.98 Å². The van der Waals surface area contributed by atoms with Crippen LogP contribution in [0.4, 0.5) is 5.69 Å². The first-order valence-electron chi connectivity index (χ1n) is 17.2. The molecule has 0 unspecified atom stereocenters. The maximum absolute atomic E-state index is 14.5. The zero-order valence-electron chi connectivity index (χ0n) is 27.9. The van der Waals surface area contributed by atoms with E-state index in [1.807, 2.05) is 72.8 Å². The summed E-state index contributed by atoms with van der Waals surface area (Å²) in [7, 11) is 1.62. The molecule has 0 bridgehead atoms. The topological polar surface area (TPSA) is 131 Å². The molecule has 1 aromatic heterocycles. The Hall–Kier alpha value is -5.10. The highest BCUT2D eigenvalue weighted by atomic mass is 32.1. The van der Waals surface area contributed by atoms with Crippen molar-refractivity contribution in [2.75, 3.05) is 19.0 Å². The molecule has 1 saturated heterocycles. The molecule has 12 heteroatoms. The standard InChI is InChI=1S/C38H41N5O6S/c1-47-28-19-20-30-33(22-28)50-37(40-30)48-29-21-32-34(44)41-38(36(46)42-49-27-16-10-6-11-17-27)23-25(38)13-7-3-2-4-12-18-31(35(45)43(32)24-29)39-26-14-8-5-9-15-26/h5-11,13-17,19-20,22,25,29,31-32,39H,2-4,12,18,21,23-24H2,1H3,(H,41,44)(H,42,46)/t25-,29-,31+,32+,38-/m1/s1. The number of ether oxygens (including phenoxy) is 2. The van der Waals surface area contributed by atoms with Gasteiger partial charge < -0.3 is 29.8 Å². The lowest BCUT2D eigenvalue weighted by Crippen LogP contribution is -2.57. The summed E-state index contributed by atoms with van der Waals surface area (Å²) < 4.78 is 12.7. The van der Waals surface area contributed by atoms with Crippen LogP contribution in [0.1, 0.15) is 44.9 Å². The normalized spacial score (nSPS) is 25.3. The van der Waals surface area contributed by atoms with Gasteiger partial charge in [-0.05, 0) is 68.1 Å². The molecule has 3 aromatic carbocycles. The van der Waals surface area contributed by atoms with Crippen LogP contribution in [0.3, 0.4) is 0 Å². The molecule has 1 aliphatic carbocycles. The van der Waals surface area contributed by atoms with E-state index in [1.54, 1.807) is 24.1 Å². The van der Waals surface area contributed by atoms with Crippen LogP contribution in [0.25, 0.3) is 10.2 Å². The summed E-state index contributed by atoms with van der Waals surface area (Å²) in [6, 6.07) is 22.8. The van der Waals surface area contributed by atoms with E-state index in [9.17, 15) is 14.4 Å². The summed E-state index contributed by atoms with van der Waals surface area (Å²) >= 11 is 1.39. The van der Waals surface area contributed by atoms with Crippen LogP contribution in [-0.2, 0) is 14.4 Å². The van der Waals surface area contributed by atoms with Crippen LogP contribution < -0.4 is 30.4 Å². The fraction of sp³-hybridized carbons (Fsp3) is 0.368. The second-order valence-corrected chi connectivity index (χ2v) is 14.0. The number of nitrogens with one attached hydrogen (secondary N) is 3. The van der Waals surface area contributed by atoms with E-state index < -0.39 is 35.5 Å². The first-order chi connectivity index (χ1) is 24.4. The van der Waals surface area contributed by atoms with Crippen molar-refractivity contribution in [2.45, 2.75) is 68.7 Å². The number of carbonyl (C=O) groups is 3. The van der Waals surface area contributed by atoms with Crippen LogP contribution in [0.15, 0.2) is 91.0 Å². The van der Waals surface area contributed by atoms with Crippen molar-refractivity contribution in [1.29, 1.82) is 0 Å². The monoisotopic (exact) mass is 695 g/mol. The number of para-hydroxylation sites is 2. The van der Waals surface area contributed by atoms with Crippen molar-refractivity contribution in [3.63, 3.8) is 0 Å². The number of hydrogen-bond acceptors (Lipinski definition) is 9. The number of benzene rings is 3. The summed E-state index contributed by atoms with van der Waals surface area (Å²) in [5, 5.41) is 6.96. The molecule has 2 fully saturated rings. The number of hydrogen-bond donors (Lipinski definition) is 3. The Bertz CT molecular complexity index is 1850. The van der Waals surface area contributed by atoms with Gasteiger partial charge in [0.05, 0.1) is 23.9 Å². The number of carbonyl (C=O) groups excluding carboxylic acids is 3. The summed E-state index contributed by atoms with van der Waals surface area (Å²) in [4.78, 5) is 54.4. The third-order valence-electron chi connectivity index (χ3n) is 9.61. The highest BCUT2D eigenvalue weighted by molar-refractivity contribution is 7.20. The SMILES string of the molecule is COc1ccc2nc(O[C@@H]3C[C@H]4C(=O)N[C@]5(C(=O)NOc6ccccc6)C[C@H]5C=CCCCCC[C@H](Nc5ccccc5)C(=O)N4C3)sc2c1. The number of methoxy groups -OCH3 is 1. The van der Waals surface area contributed by atoms with Gasteiger partial charge in [0, 0.05) is 18.0 Å². The fourth-order valence-corrected chi connectivity index (χ4v) is 7.70. The Morgan fingerprint density at radius 3 is 2.60 bits per heavy atom. The number of rotatable bonds is 8. The third-order valence-corrected chi connectivity index (χ3v) is 10.5. The molecule has 2 aliphatic heterocycles. The van der Waals surface area contributed by atoms with Gasteiger partial charge in [-0.15, -0.1) is 0 Å². The van der Waals surface area contributed by atoms with Gasteiger partial charge in [-0.2, -0.15) is 5.48 Å². The molecular weight excluding hydrogens is 655 g/mol. The highest BCUT2D eigenvalue weighted by Gasteiger charge is 2.61. The Morgan fingerprint density at radius 1 is 1.00 bits per heavy atom. The fourth-order valence-electron chi connectivity index (χ4n) is 6.79. The van der Waals surface area contributed by atoms with Crippen molar-refractivity contribution in [3.8, 4) is 16.7 Å². The second-order valence-electron chi connectivity index (χ2n) is 13.0. The van der Waals surface area contributed by atoms with Crippen LogP contribution in [0, 0.1) is 5.92 Å². The average Bonchev–Trinajstić information content (AvgIpc) is 3.44. The van der Waals surface area contributed by atoms with Gasteiger partial charge in [0.1, 0.15) is 29.5 Å². The van der Waals surface area contributed by atoms with Crippen molar-refractivity contribution >= 4 is 45.0 Å². The molecule has 260 valence electrons. The lowest BCUT2D eigenvalue weighted by Gasteiger charge is -2.30. The molecule has 3 heterocycles. The van der Waals surface area contributed by atoms with E-state index in [2.05, 4.69) is 27.2 Å². The van der Waals surface area contributed by atoms with Crippen LogP contribution in [0.5, 0.6) is 16.7 Å². The molecule has 5 atom stereocenters. The quantitative estimate of drug-likeness (QED) is 0.160. The smallest absolute Gasteiger partial charge is 0.278 e. The first-order valence-corrected chi connectivity index (χ1v) is 18.0. The molecule has 11 nitrogen and oxygen atoms in total. The highest BCUT2D eigenvalue weighted by Crippen LogP contribution is 2.45. The van der Waals surface area contributed by atoms with E-state index in [0.717, 1.165) is 47.3 Å². The Morgan fingerprint density at radius 2 is 1.80 bits per heavy atom. The summed E-state index contributed by atoms with van der Waals surface area (Å²) in [5.41, 5.74) is 2.97. The molecule has 0 radical (unpaired) electrons. The molecule has 0 spiro atoms. The van der Waals surface area contributed by atoms with E-state index in [1.165, 1.54) is 11.3 Å². The molecule has 4 aromatic rings. The lowest BCUT2D eigenvalue weighted by molar-refractivity contribution is -0.141. The average molecular weight is 696 g/mol. The van der Waals surface area contributed by atoms with E-state index >= 15 is 0 Å². The summed E-state index contributed by atoms with van der Waals surface area (Å²) in [6.45, 7) is 0.197. The lowest BCUT2D eigenvalue weighted by atomic mass is 10.0. The molecule has 3 N–H and O–H groups in total. The van der Waals surface area contributed by atoms with E-state index in [0.29, 0.717) is 23.8 Å². The molecule has 3 aliphatic rings. The van der Waals surface area contributed by atoms with Crippen LogP contribution >= 0.6 is 11.3 Å². The van der Waals surface area contributed by atoms with E-state index in [-0.39, 0.29) is 24.8 Å². The summed E-state index contributed by atoms with van der Waals surface area (Å²) in [5.74, 6) is -0.0325. The molecule has 7 rings (SSSR count). The van der Waals surface area contributed by atoms with Crippen molar-refractivity contribution < 1.29 is 28.7 Å².